The summed E-state index contributed by atoms with van der Waals surface area (Å²) < 4.78 is 7.13. The van der Waals surface area contributed by atoms with Crippen LogP contribution in [0.5, 0.6) is 0 Å². The maximum absolute atomic E-state index is 12.0. The molecule has 1 N–H and O–H groups in total. The lowest BCUT2D eigenvalue weighted by Crippen LogP contribution is -2.28. The van der Waals surface area contributed by atoms with E-state index in [1.165, 1.54) is 0 Å². The van der Waals surface area contributed by atoms with E-state index in [0.717, 1.165) is 31.0 Å². The molecule has 2 aromatic rings. The molecule has 1 aliphatic heterocycles. The molecule has 3 heterocycles. The lowest BCUT2D eigenvalue weighted by atomic mass is 10.2. The molecule has 0 saturated carbocycles. The zero-order valence-electron chi connectivity index (χ0n) is 12.9. The van der Waals surface area contributed by atoms with Crippen molar-refractivity contribution >= 4 is 5.91 Å². The van der Waals surface area contributed by atoms with Crippen molar-refractivity contribution in [2.45, 2.75) is 58.5 Å². The van der Waals surface area contributed by atoms with Crippen molar-refractivity contribution in [1.29, 1.82) is 0 Å². The Bertz CT molecular complexity index is 662. The quantitative estimate of drug-likeness (QED) is 0.858. The Labute approximate surface area is 128 Å². The van der Waals surface area contributed by atoms with Crippen molar-refractivity contribution < 1.29 is 9.32 Å². The summed E-state index contributed by atoms with van der Waals surface area (Å²) in [6.45, 7) is 4.65. The fraction of sp³-hybridized carbons (Fsp3) is 0.643. The van der Waals surface area contributed by atoms with Crippen molar-refractivity contribution in [3.63, 3.8) is 0 Å². The van der Waals surface area contributed by atoms with E-state index in [1.807, 2.05) is 6.92 Å². The van der Waals surface area contributed by atoms with Crippen LogP contribution in [0, 0.1) is 6.92 Å². The molecule has 1 amide bonds. The molecule has 0 spiro atoms. The van der Waals surface area contributed by atoms with E-state index in [1.54, 1.807) is 6.92 Å². The lowest BCUT2D eigenvalue weighted by molar-refractivity contribution is -0.121. The average Bonchev–Trinajstić information content (AvgIpc) is 3.14. The van der Waals surface area contributed by atoms with E-state index in [9.17, 15) is 4.79 Å². The molecule has 0 aliphatic carbocycles. The van der Waals surface area contributed by atoms with E-state index in [4.69, 9.17) is 4.52 Å². The van der Waals surface area contributed by atoms with Crippen molar-refractivity contribution in [3.8, 4) is 0 Å². The number of rotatable bonds is 6. The SMILES string of the molecule is Cc1noc(CCCC(=O)N[C@@H](C)c2nnc3n2CCC3)n1. The molecular weight excluding hydrogens is 284 g/mol. The van der Waals surface area contributed by atoms with Gasteiger partial charge in [-0.25, -0.2) is 0 Å². The fourth-order valence-corrected chi connectivity index (χ4v) is 2.71. The van der Waals surface area contributed by atoms with Gasteiger partial charge in [-0.05, 0) is 26.7 Å². The third-order valence-corrected chi connectivity index (χ3v) is 3.77. The largest absolute Gasteiger partial charge is 0.346 e. The van der Waals surface area contributed by atoms with Crippen LogP contribution >= 0.6 is 0 Å². The number of nitrogens with one attached hydrogen (secondary N) is 1. The number of carbonyl (C=O) groups excluding carboxylic acids is 1. The van der Waals surface area contributed by atoms with Gasteiger partial charge in [0.2, 0.25) is 11.8 Å². The van der Waals surface area contributed by atoms with Gasteiger partial charge < -0.3 is 14.4 Å². The zero-order chi connectivity index (χ0) is 15.5. The summed E-state index contributed by atoms with van der Waals surface area (Å²) in [6, 6.07) is -0.127. The molecule has 0 saturated heterocycles. The predicted molar refractivity (Wildman–Crippen MR) is 76.9 cm³/mol. The smallest absolute Gasteiger partial charge is 0.226 e. The number of aryl methyl sites for hydroxylation is 3. The average molecular weight is 304 g/mol. The Balaban J connectivity index is 1.47. The number of hydrogen-bond acceptors (Lipinski definition) is 6. The minimum absolute atomic E-state index is 0.000848. The second-order valence-corrected chi connectivity index (χ2v) is 5.61. The van der Waals surface area contributed by atoms with Gasteiger partial charge in [0.15, 0.2) is 11.6 Å². The van der Waals surface area contributed by atoms with E-state index < -0.39 is 0 Å². The third-order valence-electron chi connectivity index (χ3n) is 3.77. The molecule has 22 heavy (non-hydrogen) atoms. The van der Waals surface area contributed by atoms with Crippen molar-refractivity contribution in [1.82, 2.24) is 30.2 Å². The Morgan fingerprint density at radius 1 is 1.45 bits per heavy atom. The monoisotopic (exact) mass is 304 g/mol. The van der Waals surface area contributed by atoms with Gasteiger partial charge in [-0.1, -0.05) is 5.16 Å². The fourth-order valence-electron chi connectivity index (χ4n) is 2.71. The molecule has 3 rings (SSSR count). The third kappa shape index (κ3) is 3.15. The Kier molecular flexibility index (Phi) is 4.17. The standard InChI is InChI=1S/C14H20N6O2/c1-9(14-18-17-11-5-4-8-20(11)14)15-12(21)6-3-7-13-16-10(2)19-22-13/h9H,3-8H2,1-2H3,(H,15,21)/t9-/m0/s1. The summed E-state index contributed by atoms with van der Waals surface area (Å²) >= 11 is 0. The molecule has 0 aromatic carbocycles. The van der Waals surface area contributed by atoms with Gasteiger partial charge in [0.25, 0.3) is 0 Å². The van der Waals surface area contributed by atoms with Crippen molar-refractivity contribution in [2.24, 2.45) is 0 Å². The second-order valence-electron chi connectivity index (χ2n) is 5.61. The van der Waals surface area contributed by atoms with Crippen LogP contribution in [-0.4, -0.2) is 30.8 Å². The Hall–Kier alpha value is -2.25. The van der Waals surface area contributed by atoms with Crippen LogP contribution in [-0.2, 0) is 24.2 Å². The van der Waals surface area contributed by atoms with Crippen LogP contribution < -0.4 is 5.32 Å². The van der Waals surface area contributed by atoms with Gasteiger partial charge in [0, 0.05) is 25.8 Å². The second kappa shape index (κ2) is 6.25. The Morgan fingerprint density at radius 2 is 2.32 bits per heavy atom. The topological polar surface area (TPSA) is 98.7 Å². The molecule has 0 fully saturated rings. The molecule has 8 heteroatoms. The number of amides is 1. The number of nitrogens with zero attached hydrogens (tertiary/aromatic N) is 5. The molecule has 8 nitrogen and oxygen atoms in total. The molecule has 1 aliphatic rings. The van der Waals surface area contributed by atoms with Gasteiger partial charge in [-0.3, -0.25) is 4.79 Å². The highest BCUT2D eigenvalue weighted by atomic mass is 16.5. The summed E-state index contributed by atoms with van der Waals surface area (Å²) in [7, 11) is 0. The highest BCUT2D eigenvalue weighted by Gasteiger charge is 2.22. The first-order chi connectivity index (χ1) is 10.6. The van der Waals surface area contributed by atoms with Gasteiger partial charge >= 0.3 is 0 Å². The summed E-state index contributed by atoms with van der Waals surface area (Å²) in [5, 5.41) is 15.0. The summed E-state index contributed by atoms with van der Waals surface area (Å²) in [6.07, 6.45) is 3.78. The zero-order valence-corrected chi connectivity index (χ0v) is 12.9. The van der Waals surface area contributed by atoms with Crippen molar-refractivity contribution in [3.05, 3.63) is 23.4 Å². The van der Waals surface area contributed by atoms with Crippen LogP contribution in [0.25, 0.3) is 0 Å². The highest BCUT2D eigenvalue weighted by molar-refractivity contribution is 5.76. The first kappa shape index (κ1) is 14.7. The van der Waals surface area contributed by atoms with Crippen molar-refractivity contribution in [2.75, 3.05) is 0 Å². The van der Waals surface area contributed by atoms with E-state index in [-0.39, 0.29) is 11.9 Å². The lowest BCUT2D eigenvalue weighted by Gasteiger charge is -2.13. The normalized spacial score (nSPS) is 14.8. The van der Waals surface area contributed by atoms with Crippen LogP contribution in [0.4, 0.5) is 0 Å². The molecule has 0 unspecified atom stereocenters. The van der Waals surface area contributed by atoms with E-state index in [0.29, 0.717) is 31.0 Å². The highest BCUT2D eigenvalue weighted by Crippen LogP contribution is 2.19. The maximum Gasteiger partial charge on any atom is 0.226 e. The van der Waals surface area contributed by atoms with Gasteiger partial charge in [0.05, 0.1) is 6.04 Å². The Morgan fingerprint density at radius 3 is 3.09 bits per heavy atom. The van der Waals surface area contributed by atoms with Gasteiger partial charge in [-0.2, -0.15) is 4.98 Å². The minimum atomic E-state index is -0.127. The maximum atomic E-state index is 12.0. The molecule has 118 valence electrons. The number of carbonyl (C=O) groups is 1. The predicted octanol–water partition coefficient (Wildman–Crippen LogP) is 1.12. The summed E-state index contributed by atoms with van der Waals surface area (Å²) in [5.74, 6) is 3.05. The summed E-state index contributed by atoms with van der Waals surface area (Å²) in [4.78, 5) is 16.1. The van der Waals surface area contributed by atoms with Crippen LogP contribution in [0.3, 0.4) is 0 Å². The molecular formula is C14H20N6O2. The number of fused-ring (bicyclic) bond motifs is 1. The molecule has 0 radical (unpaired) electrons. The first-order valence-electron chi connectivity index (χ1n) is 7.64. The number of hydrogen-bond donors (Lipinski definition) is 1. The van der Waals surface area contributed by atoms with Crippen LogP contribution in [0.2, 0.25) is 0 Å². The van der Waals surface area contributed by atoms with E-state index in [2.05, 4.69) is 30.2 Å². The molecule has 0 bridgehead atoms. The van der Waals surface area contributed by atoms with Crippen LogP contribution in [0.15, 0.2) is 4.52 Å². The van der Waals surface area contributed by atoms with Gasteiger partial charge in [-0.15, -0.1) is 10.2 Å². The van der Waals surface area contributed by atoms with E-state index >= 15 is 0 Å². The first-order valence-corrected chi connectivity index (χ1v) is 7.64. The molecule has 2 aromatic heterocycles. The minimum Gasteiger partial charge on any atom is -0.346 e. The van der Waals surface area contributed by atoms with Crippen LogP contribution in [0.1, 0.15) is 55.6 Å². The molecule has 1 atom stereocenters. The van der Waals surface area contributed by atoms with Gasteiger partial charge in [0.1, 0.15) is 5.82 Å². The summed E-state index contributed by atoms with van der Waals surface area (Å²) in [5.41, 5.74) is 0. The number of aromatic nitrogens is 5.